The van der Waals surface area contributed by atoms with E-state index in [-0.39, 0.29) is 24.3 Å². The molecular formula is C12H26N2O3. The minimum absolute atomic E-state index is 0.0424. The Kier molecular flexibility index (Phi) is 7.15. The van der Waals surface area contributed by atoms with E-state index in [1.807, 2.05) is 13.8 Å². The van der Waals surface area contributed by atoms with Crippen LogP contribution in [0.5, 0.6) is 0 Å². The normalized spacial score (nSPS) is 13.6. The zero-order valence-corrected chi connectivity index (χ0v) is 11.5. The molecule has 0 saturated carbocycles. The van der Waals surface area contributed by atoms with Gasteiger partial charge in [0.2, 0.25) is 0 Å². The Balaban J connectivity index is 3.99. The van der Waals surface area contributed by atoms with Crippen molar-refractivity contribution in [3.05, 3.63) is 0 Å². The van der Waals surface area contributed by atoms with E-state index in [0.29, 0.717) is 12.5 Å². The van der Waals surface area contributed by atoms with Crippen molar-refractivity contribution in [2.24, 2.45) is 5.92 Å². The Hall–Kier alpha value is -0.810. The van der Waals surface area contributed by atoms with Crippen LogP contribution in [0.4, 0.5) is 4.79 Å². The summed E-state index contributed by atoms with van der Waals surface area (Å²) < 4.78 is 5.19. The van der Waals surface area contributed by atoms with Gasteiger partial charge in [-0.1, -0.05) is 13.8 Å². The fraction of sp³-hybridized carbons (Fsp3) is 0.917. The molecule has 0 fully saturated rings. The Morgan fingerprint density at radius 3 is 2.41 bits per heavy atom. The summed E-state index contributed by atoms with van der Waals surface area (Å²) in [4.78, 5) is 11.6. The van der Waals surface area contributed by atoms with Crippen LogP contribution in [0.1, 0.15) is 34.1 Å². The maximum Gasteiger partial charge on any atom is 0.315 e. The van der Waals surface area contributed by atoms with Gasteiger partial charge in [0.1, 0.15) is 0 Å². The molecule has 0 saturated heterocycles. The van der Waals surface area contributed by atoms with E-state index in [1.165, 1.54) is 0 Å². The monoisotopic (exact) mass is 246 g/mol. The van der Waals surface area contributed by atoms with Crippen molar-refractivity contribution in [1.29, 1.82) is 0 Å². The van der Waals surface area contributed by atoms with Crippen LogP contribution in [0.2, 0.25) is 0 Å². The molecule has 5 heteroatoms. The maximum atomic E-state index is 11.6. The molecule has 0 aromatic carbocycles. The predicted octanol–water partition coefficient (Wildman–Crippen LogP) is 1.12. The highest BCUT2D eigenvalue weighted by Crippen LogP contribution is 2.05. The van der Waals surface area contributed by atoms with Gasteiger partial charge >= 0.3 is 6.03 Å². The van der Waals surface area contributed by atoms with E-state index in [2.05, 4.69) is 24.5 Å². The second-order valence-corrected chi connectivity index (χ2v) is 5.30. The maximum absolute atomic E-state index is 11.6. The minimum atomic E-state index is -0.385. The molecule has 17 heavy (non-hydrogen) atoms. The lowest BCUT2D eigenvalue weighted by atomic mass is 10.0. The summed E-state index contributed by atoms with van der Waals surface area (Å²) in [6.07, 6.45) is 0.761. The number of aliphatic hydroxyl groups is 1. The number of rotatable bonds is 7. The Morgan fingerprint density at radius 2 is 2.00 bits per heavy atom. The smallest absolute Gasteiger partial charge is 0.315 e. The number of nitrogens with one attached hydrogen (secondary N) is 2. The quantitative estimate of drug-likeness (QED) is 0.630. The highest BCUT2D eigenvalue weighted by molar-refractivity contribution is 5.74. The Morgan fingerprint density at radius 1 is 1.41 bits per heavy atom. The van der Waals surface area contributed by atoms with E-state index in [4.69, 9.17) is 9.84 Å². The largest absolute Gasteiger partial charge is 0.394 e. The topological polar surface area (TPSA) is 70.6 Å². The zero-order valence-electron chi connectivity index (χ0n) is 11.5. The lowest BCUT2D eigenvalue weighted by Gasteiger charge is -2.24. The van der Waals surface area contributed by atoms with E-state index >= 15 is 0 Å². The van der Waals surface area contributed by atoms with E-state index in [0.717, 1.165) is 6.42 Å². The van der Waals surface area contributed by atoms with Gasteiger partial charge in [0.25, 0.3) is 0 Å². The molecule has 0 aliphatic carbocycles. The third kappa shape index (κ3) is 7.99. The van der Waals surface area contributed by atoms with Crippen molar-refractivity contribution in [3.63, 3.8) is 0 Å². The summed E-state index contributed by atoms with van der Waals surface area (Å²) >= 11 is 0. The molecular weight excluding hydrogens is 220 g/mol. The van der Waals surface area contributed by atoms with Crippen LogP contribution in [-0.4, -0.2) is 43.0 Å². The van der Waals surface area contributed by atoms with Crippen molar-refractivity contribution >= 4 is 6.03 Å². The summed E-state index contributed by atoms with van der Waals surface area (Å²) in [6, 6.07) is -0.463. The lowest BCUT2D eigenvalue weighted by Crippen LogP contribution is -2.48. The number of hydrogen-bond acceptors (Lipinski definition) is 3. The second-order valence-electron chi connectivity index (χ2n) is 5.30. The molecule has 2 amide bonds. The Labute approximate surface area is 104 Å². The van der Waals surface area contributed by atoms with Crippen LogP contribution in [0, 0.1) is 5.92 Å². The Bertz CT molecular complexity index is 230. The van der Waals surface area contributed by atoms with Gasteiger partial charge in [0, 0.05) is 13.7 Å². The van der Waals surface area contributed by atoms with Gasteiger partial charge in [-0.2, -0.15) is 0 Å². The van der Waals surface area contributed by atoms with Crippen molar-refractivity contribution in [2.75, 3.05) is 20.3 Å². The average molecular weight is 246 g/mol. The molecule has 5 nitrogen and oxygen atoms in total. The molecule has 0 bridgehead atoms. The van der Waals surface area contributed by atoms with Crippen molar-refractivity contribution in [1.82, 2.24) is 10.6 Å². The van der Waals surface area contributed by atoms with Crippen LogP contribution >= 0.6 is 0 Å². The standard InChI is InChI=1S/C12H26N2O3/c1-9(2)6-10(7-15)14-11(16)13-8-12(3,4)17-5/h9-10,15H,6-8H2,1-5H3,(H2,13,14,16). The number of urea groups is 1. The molecule has 0 rings (SSSR count). The van der Waals surface area contributed by atoms with Crippen molar-refractivity contribution < 1.29 is 14.6 Å². The highest BCUT2D eigenvalue weighted by atomic mass is 16.5. The molecule has 1 unspecified atom stereocenters. The number of ether oxygens (including phenoxy) is 1. The molecule has 3 N–H and O–H groups in total. The van der Waals surface area contributed by atoms with Crippen LogP contribution in [-0.2, 0) is 4.74 Å². The second kappa shape index (κ2) is 7.50. The van der Waals surface area contributed by atoms with E-state index < -0.39 is 0 Å². The number of carbonyl (C=O) groups excluding carboxylic acids is 1. The first-order valence-corrected chi connectivity index (χ1v) is 6.01. The van der Waals surface area contributed by atoms with Gasteiger partial charge in [0.15, 0.2) is 0 Å². The molecule has 102 valence electrons. The van der Waals surface area contributed by atoms with Crippen LogP contribution in [0.3, 0.4) is 0 Å². The first-order valence-electron chi connectivity index (χ1n) is 6.01. The SMILES string of the molecule is COC(C)(C)CNC(=O)NC(CO)CC(C)C. The predicted molar refractivity (Wildman–Crippen MR) is 68.0 cm³/mol. The first-order chi connectivity index (χ1) is 7.80. The summed E-state index contributed by atoms with van der Waals surface area (Å²) in [5.41, 5.74) is -0.385. The summed E-state index contributed by atoms with van der Waals surface area (Å²) in [6.45, 7) is 8.27. The third-order valence-corrected chi connectivity index (χ3v) is 2.54. The molecule has 0 aromatic rings. The van der Waals surface area contributed by atoms with Gasteiger partial charge in [-0.05, 0) is 26.2 Å². The van der Waals surface area contributed by atoms with Crippen LogP contribution in [0.25, 0.3) is 0 Å². The number of aliphatic hydroxyl groups excluding tert-OH is 1. The third-order valence-electron chi connectivity index (χ3n) is 2.54. The van der Waals surface area contributed by atoms with Crippen molar-refractivity contribution in [2.45, 2.75) is 45.8 Å². The summed E-state index contributed by atoms with van der Waals surface area (Å²) in [5, 5.41) is 14.6. The molecule has 0 heterocycles. The van der Waals surface area contributed by atoms with Gasteiger partial charge < -0.3 is 20.5 Å². The van der Waals surface area contributed by atoms with Gasteiger partial charge in [0.05, 0.1) is 18.2 Å². The first kappa shape index (κ1) is 16.2. The summed E-state index contributed by atoms with van der Waals surface area (Å²) in [5.74, 6) is 0.433. The fourth-order valence-electron chi connectivity index (χ4n) is 1.35. The van der Waals surface area contributed by atoms with Crippen LogP contribution < -0.4 is 10.6 Å². The molecule has 0 aliphatic heterocycles. The van der Waals surface area contributed by atoms with Gasteiger partial charge in [-0.25, -0.2) is 4.79 Å². The van der Waals surface area contributed by atoms with E-state index in [9.17, 15) is 4.79 Å². The number of amides is 2. The van der Waals surface area contributed by atoms with Crippen molar-refractivity contribution in [3.8, 4) is 0 Å². The minimum Gasteiger partial charge on any atom is -0.394 e. The average Bonchev–Trinajstić information content (AvgIpc) is 2.25. The number of hydrogen-bond donors (Lipinski definition) is 3. The molecule has 0 spiro atoms. The lowest BCUT2D eigenvalue weighted by molar-refractivity contribution is 0.0252. The molecule has 0 radical (unpaired) electrons. The molecule has 1 atom stereocenters. The molecule has 0 aromatic heterocycles. The van der Waals surface area contributed by atoms with E-state index in [1.54, 1.807) is 7.11 Å². The summed E-state index contributed by atoms with van der Waals surface area (Å²) in [7, 11) is 1.61. The van der Waals surface area contributed by atoms with Gasteiger partial charge in [-0.15, -0.1) is 0 Å². The number of carbonyl (C=O) groups is 1. The fourth-order valence-corrected chi connectivity index (χ4v) is 1.35. The molecule has 0 aliphatic rings. The number of methoxy groups -OCH3 is 1. The van der Waals surface area contributed by atoms with Gasteiger partial charge in [-0.3, -0.25) is 0 Å². The highest BCUT2D eigenvalue weighted by Gasteiger charge is 2.18. The zero-order chi connectivity index (χ0) is 13.5. The van der Waals surface area contributed by atoms with Crippen LogP contribution in [0.15, 0.2) is 0 Å².